The topological polar surface area (TPSA) is 66.4 Å². The molecule has 0 aliphatic rings. The van der Waals surface area contributed by atoms with Crippen LogP contribution in [0.15, 0.2) is 40.4 Å². The maximum atomic E-state index is 11.9. The van der Waals surface area contributed by atoms with Gasteiger partial charge in [0.1, 0.15) is 6.04 Å². The lowest BCUT2D eigenvalue weighted by Gasteiger charge is -2.13. The van der Waals surface area contributed by atoms with Crippen LogP contribution in [-0.2, 0) is 4.79 Å². The van der Waals surface area contributed by atoms with Gasteiger partial charge >= 0.3 is 5.97 Å². The van der Waals surface area contributed by atoms with Crippen molar-refractivity contribution in [2.24, 2.45) is 0 Å². The predicted molar refractivity (Wildman–Crippen MR) is 77.1 cm³/mol. The Hall–Kier alpha value is -1.62. The highest BCUT2D eigenvalue weighted by atomic mass is 79.9. The number of nitrogens with one attached hydrogen (secondary N) is 1. The molecule has 1 rings (SSSR count). The number of benzene rings is 1. The van der Waals surface area contributed by atoms with Crippen LogP contribution in [0.5, 0.6) is 0 Å². The fourth-order valence-electron chi connectivity index (χ4n) is 1.45. The zero-order valence-corrected chi connectivity index (χ0v) is 12.4. The standard InChI is InChI=1S/C14H16BrNO3/c1-9(2)6-7-12(14(18)19)16-13(17)10-4-3-5-11(15)8-10/h3-6,8,12H,7H2,1-2H3,(H,16,17)(H,18,19)/t12-/m1/s1. The number of carbonyl (C=O) groups is 2. The smallest absolute Gasteiger partial charge is 0.326 e. The van der Waals surface area contributed by atoms with Crippen molar-refractivity contribution in [2.75, 3.05) is 0 Å². The summed E-state index contributed by atoms with van der Waals surface area (Å²) < 4.78 is 0.774. The van der Waals surface area contributed by atoms with E-state index in [1.165, 1.54) is 0 Å². The first-order valence-electron chi connectivity index (χ1n) is 5.82. The van der Waals surface area contributed by atoms with E-state index >= 15 is 0 Å². The van der Waals surface area contributed by atoms with E-state index < -0.39 is 17.9 Å². The molecule has 0 radical (unpaired) electrons. The first-order valence-corrected chi connectivity index (χ1v) is 6.62. The zero-order chi connectivity index (χ0) is 14.4. The van der Waals surface area contributed by atoms with E-state index in [4.69, 9.17) is 5.11 Å². The second-order valence-corrected chi connectivity index (χ2v) is 5.31. The largest absolute Gasteiger partial charge is 0.480 e. The normalized spacial score (nSPS) is 11.5. The maximum Gasteiger partial charge on any atom is 0.326 e. The van der Waals surface area contributed by atoms with Crippen LogP contribution in [0.1, 0.15) is 30.6 Å². The fourth-order valence-corrected chi connectivity index (χ4v) is 1.85. The first-order chi connectivity index (χ1) is 8.90. The lowest BCUT2D eigenvalue weighted by Crippen LogP contribution is -2.40. The van der Waals surface area contributed by atoms with E-state index in [-0.39, 0.29) is 6.42 Å². The second-order valence-electron chi connectivity index (χ2n) is 4.39. The Kier molecular flexibility index (Phi) is 5.76. The quantitative estimate of drug-likeness (QED) is 0.818. The summed E-state index contributed by atoms with van der Waals surface area (Å²) in [7, 11) is 0. The summed E-state index contributed by atoms with van der Waals surface area (Å²) in [5, 5.41) is 11.6. The summed E-state index contributed by atoms with van der Waals surface area (Å²) in [6.45, 7) is 3.77. The van der Waals surface area contributed by atoms with Crippen LogP contribution in [0.2, 0.25) is 0 Å². The number of hydrogen-bond acceptors (Lipinski definition) is 2. The van der Waals surface area contributed by atoms with Gasteiger partial charge in [0.2, 0.25) is 0 Å². The van der Waals surface area contributed by atoms with Gasteiger partial charge in [-0.1, -0.05) is 33.6 Å². The Morgan fingerprint density at radius 1 is 1.42 bits per heavy atom. The van der Waals surface area contributed by atoms with Crippen LogP contribution in [0, 0.1) is 0 Å². The van der Waals surface area contributed by atoms with Gasteiger partial charge in [-0.2, -0.15) is 0 Å². The van der Waals surface area contributed by atoms with Gasteiger partial charge in [-0.3, -0.25) is 4.79 Å². The highest BCUT2D eigenvalue weighted by Crippen LogP contribution is 2.12. The molecule has 0 saturated heterocycles. The van der Waals surface area contributed by atoms with Crippen molar-refractivity contribution in [3.05, 3.63) is 46.0 Å². The molecule has 0 spiro atoms. The van der Waals surface area contributed by atoms with Gasteiger partial charge in [0.25, 0.3) is 5.91 Å². The number of aliphatic carboxylic acids is 1. The average molecular weight is 326 g/mol. The van der Waals surface area contributed by atoms with Crippen LogP contribution in [0.4, 0.5) is 0 Å². The van der Waals surface area contributed by atoms with E-state index in [1.54, 1.807) is 30.3 Å². The van der Waals surface area contributed by atoms with Crippen molar-refractivity contribution in [3.8, 4) is 0 Å². The van der Waals surface area contributed by atoms with E-state index in [0.717, 1.165) is 10.0 Å². The summed E-state index contributed by atoms with van der Waals surface area (Å²) in [6, 6.07) is 5.90. The van der Waals surface area contributed by atoms with E-state index in [0.29, 0.717) is 5.56 Å². The Morgan fingerprint density at radius 3 is 2.63 bits per heavy atom. The van der Waals surface area contributed by atoms with Crippen LogP contribution >= 0.6 is 15.9 Å². The molecule has 1 amide bonds. The average Bonchev–Trinajstić information content (AvgIpc) is 2.33. The third-order valence-corrected chi connectivity index (χ3v) is 2.95. The summed E-state index contributed by atoms with van der Waals surface area (Å²) in [5.74, 6) is -1.43. The molecule has 19 heavy (non-hydrogen) atoms. The van der Waals surface area contributed by atoms with Gasteiger partial charge in [0, 0.05) is 10.0 Å². The van der Waals surface area contributed by atoms with Crippen molar-refractivity contribution in [3.63, 3.8) is 0 Å². The van der Waals surface area contributed by atoms with E-state index in [1.807, 2.05) is 13.8 Å². The number of carboxylic acid groups (broad SMARTS) is 1. The molecule has 2 N–H and O–H groups in total. The Balaban J connectivity index is 2.77. The summed E-state index contributed by atoms with van der Waals surface area (Å²) in [4.78, 5) is 23.0. The van der Waals surface area contributed by atoms with Crippen LogP contribution < -0.4 is 5.32 Å². The van der Waals surface area contributed by atoms with Gasteiger partial charge in [-0.05, 0) is 38.5 Å². The number of carboxylic acids is 1. The number of hydrogen-bond donors (Lipinski definition) is 2. The molecule has 1 aromatic carbocycles. The number of rotatable bonds is 5. The van der Waals surface area contributed by atoms with Crippen molar-refractivity contribution >= 4 is 27.8 Å². The minimum atomic E-state index is -1.04. The molecule has 1 aromatic rings. The van der Waals surface area contributed by atoms with Gasteiger partial charge in [0.15, 0.2) is 0 Å². The minimum absolute atomic E-state index is 0.275. The molecule has 1 atom stereocenters. The van der Waals surface area contributed by atoms with Crippen molar-refractivity contribution < 1.29 is 14.7 Å². The number of halogens is 1. The zero-order valence-electron chi connectivity index (χ0n) is 10.8. The van der Waals surface area contributed by atoms with Crippen molar-refractivity contribution in [1.29, 1.82) is 0 Å². The van der Waals surface area contributed by atoms with Gasteiger partial charge in [0.05, 0.1) is 0 Å². The molecule has 0 fully saturated rings. The number of amides is 1. The Labute approximate surface area is 120 Å². The van der Waals surface area contributed by atoms with Gasteiger partial charge in [-0.25, -0.2) is 4.79 Å². The number of allylic oxidation sites excluding steroid dienone is 1. The molecule has 0 unspecified atom stereocenters. The maximum absolute atomic E-state index is 11.9. The molecule has 0 aromatic heterocycles. The fraction of sp³-hybridized carbons (Fsp3) is 0.286. The van der Waals surface area contributed by atoms with Gasteiger partial charge < -0.3 is 10.4 Å². The molecule has 4 nitrogen and oxygen atoms in total. The van der Waals surface area contributed by atoms with Gasteiger partial charge in [-0.15, -0.1) is 0 Å². The predicted octanol–water partition coefficient (Wildman–Crippen LogP) is 2.99. The molecular weight excluding hydrogens is 310 g/mol. The highest BCUT2D eigenvalue weighted by Gasteiger charge is 2.19. The van der Waals surface area contributed by atoms with E-state index in [9.17, 15) is 9.59 Å². The lowest BCUT2D eigenvalue weighted by atomic mass is 10.1. The molecule has 5 heteroatoms. The Morgan fingerprint density at radius 2 is 2.11 bits per heavy atom. The third kappa shape index (κ3) is 5.26. The van der Waals surface area contributed by atoms with Crippen LogP contribution in [0.3, 0.4) is 0 Å². The molecule has 0 bridgehead atoms. The molecule has 102 valence electrons. The van der Waals surface area contributed by atoms with Crippen molar-refractivity contribution in [1.82, 2.24) is 5.32 Å². The molecule has 0 aliphatic heterocycles. The van der Waals surface area contributed by atoms with Crippen LogP contribution in [0.25, 0.3) is 0 Å². The molecule has 0 heterocycles. The molecular formula is C14H16BrNO3. The molecule has 0 saturated carbocycles. The summed E-state index contributed by atoms with van der Waals surface area (Å²) >= 11 is 3.27. The summed E-state index contributed by atoms with van der Waals surface area (Å²) in [6.07, 6.45) is 2.07. The van der Waals surface area contributed by atoms with E-state index in [2.05, 4.69) is 21.2 Å². The van der Waals surface area contributed by atoms with Crippen molar-refractivity contribution in [2.45, 2.75) is 26.3 Å². The Bertz CT molecular complexity index is 507. The monoisotopic (exact) mass is 325 g/mol. The minimum Gasteiger partial charge on any atom is -0.480 e. The number of carbonyl (C=O) groups excluding carboxylic acids is 1. The SMILES string of the molecule is CC(C)=CC[C@@H](NC(=O)c1cccc(Br)c1)C(=O)O. The lowest BCUT2D eigenvalue weighted by molar-refractivity contribution is -0.139. The molecule has 0 aliphatic carbocycles. The second kappa shape index (κ2) is 7.09. The third-order valence-electron chi connectivity index (χ3n) is 2.45. The first kappa shape index (κ1) is 15.4. The highest BCUT2D eigenvalue weighted by molar-refractivity contribution is 9.10. The summed E-state index contributed by atoms with van der Waals surface area (Å²) in [5.41, 5.74) is 1.45. The van der Waals surface area contributed by atoms with Crippen LogP contribution in [-0.4, -0.2) is 23.0 Å².